The Balaban J connectivity index is 1.43. The maximum absolute atomic E-state index is 5.60. The second-order valence-electron chi connectivity index (χ2n) is 7.99. The Bertz CT molecular complexity index is 788. The zero-order chi connectivity index (χ0) is 20.1. The van der Waals surface area contributed by atoms with Gasteiger partial charge in [-0.05, 0) is 37.4 Å². The fourth-order valence-electron chi connectivity index (χ4n) is 4.50. The van der Waals surface area contributed by atoms with E-state index in [0.717, 1.165) is 74.6 Å². The number of hydrogen-bond acceptors (Lipinski definition) is 6. The highest BCUT2D eigenvalue weighted by Gasteiger charge is 2.24. The Morgan fingerprint density at radius 1 is 1.14 bits per heavy atom. The second kappa shape index (κ2) is 9.61. The number of piperidine rings is 1. The fourth-order valence-corrected chi connectivity index (χ4v) is 4.50. The van der Waals surface area contributed by atoms with E-state index in [9.17, 15) is 0 Å². The Morgan fingerprint density at radius 3 is 2.79 bits per heavy atom. The summed E-state index contributed by atoms with van der Waals surface area (Å²) in [6.07, 6.45) is 4.52. The van der Waals surface area contributed by atoms with Gasteiger partial charge in [-0.1, -0.05) is 0 Å². The molecule has 0 saturated carbocycles. The molecule has 2 aliphatic rings. The van der Waals surface area contributed by atoms with Gasteiger partial charge in [0.15, 0.2) is 0 Å². The van der Waals surface area contributed by atoms with E-state index in [-0.39, 0.29) is 0 Å². The van der Waals surface area contributed by atoms with Crippen molar-refractivity contribution in [1.29, 1.82) is 0 Å². The molecule has 2 saturated heterocycles. The summed E-state index contributed by atoms with van der Waals surface area (Å²) in [4.78, 5) is 5.13. The first-order chi connectivity index (χ1) is 14.3. The molecule has 0 aliphatic carbocycles. The first-order valence-electron chi connectivity index (χ1n) is 10.5. The van der Waals surface area contributed by atoms with Gasteiger partial charge in [0.05, 0.1) is 39.3 Å². The van der Waals surface area contributed by atoms with Gasteiger partial charge in [-0.2, -0.15) is 5.10 Å². The third-order valence-electron chi connectivity index (χ3n) is 6.01. The summed E-state index contributed by atoms with van der Waals surface area (Å²) in [5.74, 6) is 2.31. The molecular weight excluding hydrogens is 368 g/mol. The maximum Gasteiger partial charge on any atom is 0.131 e. The molecule has 7 nitrogen and oxygen atoms in total. The molecule has 2 aliphatic heterocycles. The Hall–Kier alpha value is -2.09. The van der Waals surface area contributed by atoms with Gasteiger partial charge >= 0.3 is 0 Å². The molecule has 1 aromatic heterocycles. The molecule has 1 atom stereocenters. The number of methoxy groups -OCH3 is 2. The second-order valence-corrected chi connectivity index (χ2v) is 7.99. The lowest BCUT2D eigenvalue weighted by molar-refractivity contribution is 0.0224. The molecular formula is C22H32N4O3. The Morgan fingerprint density at radius 2 is 2.00 bits per heavy atom. The van der Waals surface area contributed by atoms with Crippen LogP contribution in [-0.4, -0.2) is 80.2 Å². The van der Waals surface area contributed by atoms with E-state index >= 15 is 0 Å². The molecule has 2 fully saturated rings. The number of nitrogens with zero attached hydrogens (tertiary/aromatic N) is 3. The van der Waals surface area contributed by atoms with Crippen molar-refractivity contribution < 1.29 is 14.2 Å². The van der Waals surface area contributed by atoms with E-state index in [4.69, 9.17) is 14.2 Å². The number of likely N-dealkylation sites (tertiary alicyclic amines) is 1. The summed E-state index contributed by atoms with van der Waals surface area (Å²) < 4.78 is 16.4. The number of H-pyrrole nitrogens is 1. The van der Waals surface area contributed by atoms with Crippen LogP contribution in [0.2, 0.25) is 0 Å². The van der Waals surface area contributed by atoms with Crippen molar-refractivity contribution >= 4 is 0 Å². The van der Waals surface area contributed by atoms with Crippen molar-refractivity contribution in [2.24, 2.45) is 5.92 Å². The minimum absolute atomic E-state index is 0.729. The quantitative estimate of drug-likeness (QED) is 0.771. The SMILES string of the molecule is COc1ccc(-c2[nH]ncc2CN2CCC[C@H](CN3CCOCC3)C2)c(OC)c1. The lowest BCUT2D eigenvalue weighted by atomic mass is 9.96. The molecule has 29 heavy (non-hydrogen) atoms. The minimum Gasteiger partial charge on any atom is -0.497 e. The molecule has 0 unspecified atom stereocenters. The van der Waals surface area contributed by atoms with E-state index < -0.39 is 0 Å². The molecule has 0 radical (unpaired) electrons. The Labute approximate surface area is 172 Å². The van der Waals surface area contributed by atoms with Gasteiger partial charge in [-0.25, -0.2) is 0 Å². The number of nitrogens with one attached hydrogen (secondary N) is 1. The zero-order valence-electron chi connectivity index (χ0n) is 17.5. The predicted molar refractivity (Wildman–Crippen MR) is 112 cm³/mol. The normalized spacial score (nSPS) is 21.2. The largest absolute Gasteiger partial charge is 0.497 e. The van der Waals surface area contributed by atoms with E-state index in [0.29, 0.717) is 0 Å². The molecule has 7 heteroatoms. The van der Waals surface area contributed by atoms with Gasteiger partial charge in [0.1, 0.15) is 11.5 Å². The average molecular weight is 401 g/mol. The standard InChI is InChI=1S/C22H32N4O3/c1-27-19-5-6-20(21(12-19)28-2)22-18(13-23-24-22)16-26-7-3-4-17(15-26)14-25-8-10-29-11-9-25/h5-6,12-13,17H,3-4,7-11,14-16H2,1-2H3,(H,23,24)/t17-/m1/s1. The highest BCUT2D eigenvalue weighted by Crippen LogP contribution is 2.34. The number of aromatic nitrogens is 2. The van der Waals surface area contributed by atoms with Gasteiger partial charge in [0.25, 0.3) is 0 Å². The number of hydrogen-bond donors (Lipinski definition) is 1. The highest BCUT2D eigenvalue weighted by atomic mass is 16.5. The van der Waals surface area contributed by atoms with Crippen molar-refractivity contribution in [3.8, 4) is 22.8 Å². The van der Waals surface area contributed by atoms with Crippen LogP contribution >= 0.6 is 0 Å². The van der Waals surface area contributed by atoms with Crippen molar-refractivity contribution in [3.05, 3.63) is 30.0 Å². The highest BCUT2D eigenvalue weighted by molar-refractivity contribution is 5.71. The number of benzene rings is 1. The molecule has 2 aromatic rings. The van der Waals surface area contributed by atoms with Gasteiger partial charge in [0.2, 0.25) is 0 Å². The van der Waals surface area contributed by atoms with Crippen LogP contribution in [-0.2, 0) is 11.3 Å². The maximum atomic E-state index is 5.60. The summed E-state index contributed by atoms with van der Waals surface area (Å²) in [6, 6.07) is 5.91. The number of ether oxygens (including phenoxy) is 3. The van der Waals surface area contributed by atoms with Crippen LogP contribution in [0.4, 0.5) is 0 Å². The summed E-state index contributed by atoms with van der Waals surface area (Å²) >= 11 is 0. The lowest BCUT2D eigenvalue weighted by Gasteiger charge is -2.36. The summed E-state index contributed by atoms with van der Waals surface area (Å²) in [5.41, 5.74) is 3.25. The van der Waals surface area contributed by atoms with Crippen LogP contribution in [0.1, 0.15) is 18.4 Å². The minimum atomic E-state index is 0.729. The van der Waals surface area contributed by atoms with Crippen LogP contribution in [0.25, 0.3) is 11.3 Å². The van der Waals surface area contributed by atoms with E-state index in [2.05, 4.69) is 20.0 Å². The summed E-state index contributed by atoms with van der Waals surface area (Å²) in [5, 5.41) is 7.52. The monoisotopic (exact) mass is 400 g/mol. The molecule has 1 N–H and O–H groups in total. The first-order valence-corrected chi connectivity index (χ1v) is 10.5. The first kappa shape index (κ1) is 20.2. The van der Waals surface area contributed by atoms with Crippen molar-refractivity contribution in [1.82, 2.24) is 20.0 Å². The molecule has 3 heterocycles. The smallest absolute Gasteiger partial charge is 0.131 e. The molecule has 0 bridgehead atoms. The number of rotatable bonds is 7. The van der Waals surface area contributed by atoms with E-state index in [1.807, 2.05) is 24.4 Å². The zero-order valence-corrected chi connectivity index (χ0v) is 17.5. The topological polar surface area (TPSA) is 62.9 Å². The van der Waals surface area contributed by atoms with Crippen molar-refractivity contribution in [2.45, 2.75) is 19.4 Å². The predicted octanol–water partition coefficient (Wildman–Crippen LogP) is 2.64. The van der Waals surface area contributed by atoms with Crippen LogP contribution < -0.4 is 9.47 Å². The van der Waals surface area contributed by atoms with Gasteiger partial charge < -0.3 is 14.2 Å². The van der Waals surface area contributed by atoms with Crippen molar-refractivity contribution in [3.63, 3.8) is 0 Å². The third-order valence-corrected chi connectivity index (χ3v) is 6.01. The summed E-state index contributed by atoms with van der Waals surface area (Å²) in [6.45, 7) is 8.26. The average Bonchev–Trinajstić information content (AvgIpc) is 3.22. The van der Waals surface area contributed by atoms with Gasteiger partial charge in [-0.15, -0.1) is 0 Å². The summed E-state index contributed by atoms with van der Waals surface area (Å²) in [7, 11) is 3.36. The van der Waals surface area contributed by atoms with Crippen LogP contribution in [0, 0.1) is 5.92 Å². The molecule has 158 valence electrons. The van der Waals surface area contributed by atoms with Gasteiger partial charge in [-0.3, -0.25) is 14.9 Å². The number of aromatic amines is 1. The van der Waals surface area contributed by atoms with E-state index in [1.165, 1.54) is 24.9 Å². The Kier molecular flexibility index (Phi) is 6.69. The lowest BCUT2D eigenvalue weighted by Crippen LogP contribution is -2.44. The van der Waals surface area contributed by atoms with Gasteiger partial charge in [0, 0.05) is 49.9 Å². The third kappa shape index (κ3) is 4.91. The van der Waals surface area contributed by atoms with Crippen molar-refractivity contribution in [2.75, 3.05) is 60.2 Å². The van der Waals surface area contributed by atoms with E-state index in [1.54, 1.807) is 14.2 Å². The molecule has 0 amide bonds. The molecule has 4 rings (SSSR count). The van der Waals surface area contributed by atoms with Crippen LogP contribution in [0.3, 0.4) is 0 Å². The van der Waals surface area contributed by atoms with Crippen LogP contribution in [0.15, 0.2) is 24.4 Å². The number of morpholine rings is 1. The fraction of sp³-hybridized carbons (Fsp3) is 0.591. The molecule has 1 aromatic carbocycles. The molecule has 0 spiro atoms. The van der Waals surface area contributed by atoms with Crippen LogP contribution in [0.5, 0.6) is 11.5 Å².